The summed E-state index contributed by atoms with van der Waals surface area (Å²) < 4.78 is 1.91. The summed E-state index contributed by atoms with van der Waals surface area (Å²) in [5.74, 6) is 0. The summed E-state index contributed by atoms with van der Waals surface area (Å²) in [5, 5.41) is 3.21. The second-order valence-electron chi connectivity index (χ2n) is 4.44. The summed E-state index contributed by atoms with van der Waals surface area (Å²) in [6.07, 6.45) is 3.45. The largest absolute Gasteiger partial charge is 0.313 e. The molecule has 0 spiro atoms. The van der Waals surface area contributed by atoms with Crippen molar-refractivity contribution in [3.8, 4) is 0 Å². The third kappa shape index (κ3) is 4.00. The molecule has 0 saturated carbocycles. The van der Waals surface area contributed by atoms with Crippen LogP contribution >= 0.6 is 0 Å². The van der Waals surface area contributed by atoms with E-state index in [0.29, 0.717) is 6.54 Å². The van der Waals surface area contributed by atoms with Gasteiger partial charge in [0.2, 0.25) is 0 Å². The fourth-order valence-electron chi connectivity index (χ4n) is 1.91. The number of aromatic nitrogens is 1. The van der Waals surface area contributed by atoms with Gasteiger partial charge in [0.25, 0.3) is 5.56 Å². The predicted octanol–water partition coefficient (Wildman–Crippen LogP) is 2.46. The molecular weight excluding hydrogens is 212 g/mol. The zero-order chi connectivity index (χ0) is 12.7. The minimum absolute atomic E-state index is 0.169. The van der Waals surface area contributed by atoms with Crippen molar-refractivity contribution >= 4 is 0 Å². The summed E-state index contributed by atoms with van der Waals surface area (Å²) in [6, 6.07) is 3.98. The quantitative estimate of drug-likeness (QED) is 0.738. The number of pyridine rings is 1. The Bertz CT molecular complexity index is 396. The molecule has 0 radical (unpaired) electrons. The normalized spacial score (nSPS) is 10.8. The van der Waals surface area contributed by atoms with Gasteiger partial charge in [-0.1, -0.05) is 32.8 Å². The van der Waals surface area contributed by atoms with E-state index in [0.717, 1.165) is 30.8 Å². The summed E-state index contributed by atoms with van der Waals surface area (Å²) in [5.41, 5.74) is 2.10. The maximum absolute atomic E-state index is 12.2. The monoisotopic (exact) mass is 236 g/mol. The van der Waals surface area contributed by atoms with Crippen molar-refractivity contribution < 1.29 is 0 Å². The molecule has 0 amide bonds. The zero-order valence-corrected chi connectivity index (χ0v) is 11.3. The lowest BCUT2D eigenvalue weighted by Crippen LogP contribution is -2.28. The van der Waals surface area contributed by atoms with Crippen molar-refractivity contribution in [2.24, 2.45) is 0 Å². The van der Waals surface area contributed by atoms with E-state index in [4.69, 9.17) is 0 Å². The van der Waals surface area contributed by atoms with E-state index in [-0.39, 0.29) is 5.56 Å². The Morgan fingerprint density at radius 1 is 1.24 bits per heavy atom. The zero-order valence-electron chi connectivity index (χ0n) is 11.3. The van der Waals surface area contributed by atoms with Crippen molar-refractivity contribution in [3.05, 3.63) is 33.7 Å². The lowest BCUT2D eigenvalue weighted by molar-refractivity contribution is 0.568. The number of nitrogens with one attached hydrogen (secondary N) is 1. The van der Waals surface area contributed by atoms with E-state index in [1.54, 1.807) is 0 Å². The highest BCUT2D eigenvalue weighted by molar-refractivity contribution is 5.15. The topological polar surface area (TPSA) is 34.0 Å². The van der Waals surface area contributed by atoms with Crippen molar-refractivity contribution in [1.82, 2.24) is 9.88 Å². The van der Waals surface area contributed by atoms with Gasteiger partial charge >= 0.3 is 0 Å². The van der Waals surface area contributed by atoms with E-state index < -0.39 is 0 Å². The number of hydrogen-bond donors (Lipinski definition) is 1. The second-order valence-corrected chi connectivity index (χ2v) is 4.44. The maximum atomic E-state index is 12.2. The minimum atomic E-state index is 0.169. The first-order chi connectivity index (χ1) is 8.20. The van der Waals surface area contributed by atoms with Gasteiger partial charge in [-0.25, -0.2) is 0 Å². The van der Waals surface area contributed by atoms with Crippen LogP contribution in [0.1, 0.15) is 44.4 Å². The highest BCUT2D eigenvalue weighted by Gasteiger charge is 2.05. The Hall–Kier alpha value is -1.09. The smallest absolute Gasteiger partial charge is 0.255 e. The van der Waals surface area contributed by atoms with Gasteiger partial charge in [-0.15, -0.1) is 0 Å². The molecule has 3 heteroatoms. The minimum Gasteiger partial charge on any atom is -0.313 e. The first kappa shape index (κ1) is 14.0. The molecule has 3 nitrogen and oxygen atoms in total. The number of hydrogen-bond acceptors (Lipinski definition) is 2. The second kappa shape index (κ2) is 7.28. The molecule has 0 aliphatic heterocycles. The molecule has 0 aliphatic carbocycles. The van der Waals surface area contributed by atoms with Crippen LogP contribution in [0.3, 0.4) is 0 Å². The van der Waals surface area contributed by atoms with Crippen LogP contribution in [0.2, 0.25) is 0 Å². The number of aryl methyl sites for hydroxylation is 1. The third-order valence-electron chi connectivity index (χ3n) is 3.02. The van der Waals surface area contributed by atoms with Gasteiger partial charge in [0, 0.05) is 24.3 Å². The third-order valence-corrected chi connectivity index (χ3v) is 3.02. The molecule has 0 fully saturated rings. The van der Waals surface area contributed by atoms with Crippen LogP contribution < -0.4 is 10.9 Å². The fraction of sp³-hybridized carbons (Fsp3) is 0.643. The van der Waals surface area contributed by atoms with Crippen LogP contribution in [0.25, 0.3) is 0 Å². The van der Waals surface area contributed by atoms with Crippen LogP contribution in [0.4, 0.5) is 0 Å². The van der Waals surface area contributed by atoms with E-state index in [2.05, 4.69) is 12.2 Å². The van der Waals surface area contributed by atoms with Gasteiger partial charge in [-0.3, -0.25) is 4.79 Å². The molecule has 0 saturated heterocycles. The van der Waals surface area contributed by atoms with Crippen LogP contribution in [0.15, 0.2) is 16.9 Å². The summed E-state index contributed by atoms with van der Waals surface area (Å²) in [4.78, 5) is 12.2. The molecule has 1 heterocycles. The lowest BCUT2D eigenvalue weighted by atomic mass is 10.2. The molecule has 0 bridgehead atoms. The Morgan fingerprint density at radius 2 is 2.00 bits per heavy atom. The Kier molecular flexibility index (Phi) is 5.98. The van der Waals surface area contributed by atoms with E-state index in [9.17, 15) is 4.79 Å². The highest BCUT2D eigenvalue weighted by atomic mass is 16.1. The van der Waals surface area contributed by atoms with Crippen LogP contribution in [-0.2, 0) is 13.1 Å². The maximum Gasteiger partial charge on any atom is 0.255 e. The van der Waals surface area contributed by atoms with Gasteiger partial charge in [0.05, 0.1) is 0 Å². The Balaban J connectivity index is 2.83. The standard InChI is InChI=1S/C14H24N2O/c1-4-6-7-10-16-12(3)8-9-13(14(16)17)11-15-5-2/h8-9,15H,4-7,10-11H2,1-3H3. The van der Waals surface area contributed by atoms with Gasteiger partial charge in [0.1, 0.15) is 0 Å². The molecule has 1 aromatic rings. The summed E-state index contributed by atoms with van der Waals surface area (Å²) in [7, 11) is 0. The molecule has 1 aromatic heterocycles. The molecular formula is C14H24N2O. The van der Waals surface area contributed by atoms with E-state index in [1.165, 1.54) is 12.8 Å². The van der Waals surface area contributed by atoms with E-state index >= 15 is 0 Å². The highest BCUT2D eigenvalue weighted by Crippen LogP contribution is 2.02. The van der Waals surface area contributed by atoms with E-state index in [1.807, 2.05) is 30.5 Å². The lowest BCUT2D eigenvalue weighted by Gasteiger charge is -2.12. The van der Waals surface area contributed by atoms with Crippen LogP contribution in [0, 0.1) is 6.92 Å². The number of nitrogens with zero attached hydrogens (tertiary/aromatic N) is 1. The molecule has 0 unspecified atom stereocenters. The SMILES string of the molecule is CCCCCn1c(C)ccc(CNCC)c1=O. The molecule has 96 valence electrons. The van der Waals surface area contributed by atoms with Crippen LogP contribution in [-0.4, -0.2) is 11.1 Å². The average molecular weight is 236 g/mol. The fourth-order valence-corrected chi connectivity index (χ4v) is 1.91. The number of unbranched alkanes of at least 4 members (excludes halogenated alkanes) is 2. The molecule has 17 heavy (non-hydrogen) atoms. The molecule has 0 aliphatic rings. The first-order valence-electron chi connectivity index (χ1n) is 6.60. The van der Waals surface area contributed by atoms with Crippen LogP contribution in [0.5, 0.6) is 0 Å². The molecule has 0 aromatic carbocycles. The predicted molar refractivity (Wildman–Crippen MR) is 72.3 cm³/mol. The van der Waals surface area contributed by atoms with Crippen molar-refractivity contribution in [2.45, 2.75) is 53.1 Å². The van der Waals surface area contributed by atoms with Crippen molar-refractivity contribution in [1.29, 1.82) is 0 Å². The Morgan fingerprint density at radius 3 is 2.65 bits per heavy atom. The number of rotatable bonds is 7. The van der Waals surface area contributed by atoms with Gasteiger partial charge in [-0.05, 0) is 26.0 Å². The summed E-state index contributed by atoms with van der Waals surface area (Å²) in [6.45, 7) is 8.64. The van der Waals surface area contributed by atoms with Gasteiger partial charge in [-0.2, -0.15) is 0 Å². The molecule has 1 rings (SSSR count). The first-order valence-corrected chi connectivity index (χ1v) is 6.60. The Labute approximate surface area is 104 Å². The van der Waals surface area contributed by atoms with Gasteiger partial charge in [0.15, 0.2) is 0 Å². The van der Waals surface area contributed by atoms with Gasteiger partial charge < -0.3 is 9.88 Å². The van der Waals surface area contributed by atoms with Crippen molar-refractivity contribution in [3.63, 3.8) is 0 Å². The summed E-state index contributed by atoms with van der Waals surface area (Å²) >= 11 is 0. The van der Waals surface area contributed by atoms with Crippen molar-refractivity contribution in [2.75, 3.05) is 6.54 Å². The molecule has 0 atom stereocenters. The average Bonchev–Trinajstić information content (AvgIpc) is 2.32. The molecule has 1 N–H and O–H groups in total.